The second kappa shape index (κ2) is 66.1. The van der Waals surface area contributed by atoms with Crippen molar-refractivity contribution in [3.05, 3.63) is 85.1 Å². The van der Waals surface area contributed by atoms with Gasteiger partial charge in [-0.15, -0.1) is 0 Å². The van der Waals surface area contributed by atoms with Gasteiger partial charge in [0.15, 0.2) is 6.10 Å². The van der Waals surface area contributed by atoms with E-state index in [-0.39, 0.29) is 31.1 Å². The summed E-state index contributed by atoms with van der Waals surface area (Å²) in [5.74, 6) is -0.882. The fraction of sp³-hybridized carbons (Fsp3) is 0.764. The van der Waals surface area contributed by atoms with Gasteiger partial charge in [-0.25, -0.2) is 0 Å². The van der Waals surface area contributed by atoms with Gasteiger partial charge in [0.2, 0.25) is 0 Å². The van der Waals surface area contributed by atoms with E-state index >= 15 is 0 Å². The van der Waals surface area contributed by atoms with E-state index in [1.807, 2.05) is 0 Å². The Morgan fingerprint density at radius 3 is 0.782 bits per heavy atom. The highest BCUT2D eigenvalue weighted by molar-refractivity contribution is 5.71. The molecular formula is C72H126O6. The van der Waals surface area contributed by atoms with Crippen LogP contribution in [0.25, 0.3) is 0 Å². The van der Waals surface area contributed by atoms with Crippen molar-refractivity contribution in [1.82, 2.24) is 0 Å². The predicted molar refractivity (Wildman–Crippen MR) is 339 cm³/mol. The number of allylic oxidation sites excluding steroid dienone is 14. The highest BCUT2D eigenvalue weighted by Gasteiger charge is 2.19. The van der Waals surface area contributed by atoms with Crippen molar-refractivity contribution in [2.24, 2.45) is 0 Å². The second-order valence-corrected chi connectivity index (χ2v) is 22.4. The molecule has 1 unspecified atom stereocenters. The Labute approximate surface area is 484 Å². The fourth-order valence-corrected chi connectivity index (χ4v) is 9.66. The molecule has 0 fully saturated rings. The van der Waals surface area contributed by atoms with Crippen LogP contribution in [0.5, 0.6) is 0 Å². The van der Waals surface area contributed by atoms with Crippen LogP contribution in [0.15, 0.2) is 85.1 Å². The maximum atomic E-state index is 12.9. The molecule has 0 aromatic carbocycles. The molecule has 6 nitrogen and oxygen atoms in total. The van der Waals surface area contributed by atoms with E-state index in [2.05, 4.69) is 106 Å². The molecule has 0 aliphatic carbocycles. The van der Waals surface area contributed by atoms with E-state index < -0.39 is 6.10 Å². The lowest BCUT2D eigenvalue weighted by molar-refractivity contribution is -0.167. The Balaban J connectivity index is 4.29. The van der Waals surface area contributed by atoms with Crippen LogP contribution in [0.3, 0.4) is 0 Å². The smallest absolute Gasteiger partial charge is 0.306 e. The molecule has 0 aromatic heterocycles. The number of ether oxygens (including phenoxy) is 3. The zero-order valence-corrected chi connectivity index (χ0v) is 51.7. The minimum absolute atomic E-state index is 0.0783. The molecule has 0 aliphatic heterocycles. The fourth-order valence-electron chi connectivity index (χ4n) is 9.66. The molecule has 0 aliphatic rings. The van der Waals surface area contributed by atoms with Crippen molar-refractivity contribution in [1.29, 1.82) is 0 Å². The van der Waals surface area contributed by atoms with Crippen LogP contribution in [0.2, 0.25) is 0 Å². The molecule has 0 heterocycles. The standard InChI is InChI=1S/C72H126O6/c1-4-7-10-13-16-19-22-24-26-28-30-32-34-35-36-37-38-40-41-43-45-47-50-53-56-59-62-65-71(74)77-68-69(67-76-70(73)64-61-58-55-52-49-21-18-15-12-9-6-3)78-72(75)66-63-60-57-54-51-48-46-44-42-39-33-31-29-27-25-23-20-17-14-11-8-5-2/h7,10,16,19,24,26,30,32,35-36,38,40,43,45,69H,4-6,8-9,11-15,17-18,20-23,25,27-29,31,33-34,37,39,41-42,44,46-68H2,1-3H3/b10-7-,19-16-,26-24-,32-30-,36-35-,40-38-,45-43-. The molecule has 0 N–H and O–H groups in total. The van der Waals surface area contributed by atoms with Crippen molar-refractivity contribution in [3.8, 4) is 0 Å². The molecule has 6 heteroatoms. The van der Waals surface area contributed by atoms with E-state index in [1.54, 1.807) is 0 Å². The van der Waals surface area contributed by atoms with Crippen molar-refractivity contribution < 1.29 is 28.6 Å². The third kappa shape index (κ3) is 63.4. The first-order chi connectivity index (χ1) is 38.5. The summed E-state index contributed by atoms with van der Waals surface area (Å²) in [4.78, 5) is 38.3. The van der Waals surface area contributed by atoms with Crippen LogP contribution in [0.4, 0.5) is 0 Å². The summed E-state index contributed by atoms with van der Waals surface area (Å²) >= 11 is 0. The minimum atomic E-state index is -0.783. The lowest BCUT2D eigenvalue weighted by Gasteiger charge is -2.18. The molecule has 0 rings (SSSR count). The predicted octanol–water partition coefficient (Wildman–Crippen LogP) is 23.1. The summed E-state index contributed by atoms with van der Waals surface area (Å²) in [5.41, 5.74) is 0. The Morgan fingerprint density at radius 2 is 0.500 bits per heavy atom. The van der Waals surface area contributed by atoms with Crippen LogP contribution in [0, 0.1) is 0 Å². The van der Waals surface area contributed by atoms with E-state index in [4.69, 9.17) is 14.2 Å². The van der Waals surface area contributed by atoms with Gasteiger partial charge in [-0.1, -0.05) is 324 Å². The average Bonchev–Trinajstić information content (AvgIpc) is 3.44. The first-order valence-corrected chi connectivity index (χ1v) is 33.6. The molecule has 0 bridgehead atoms. The Bertz CT molecular complexity index is 1480. The van der Waals surface area contributed by atoms with Crippen LogP contribution in [-0.4, -0.2) is 37.2 Å². The Kier molecular flexibility index (Phi) is 63.2. The highest BCUT2D eigenvalue weighted by atomic mass is 16.6. The normalized spacial score (nSPS) is 12.6. The van der Waals surface area contributed by atoms with Gasteiger partial charge in [-0.2, -0.15) is 0 Å². The largest absolute Gasteiger partial charge is 0.462 e. The quantitative estimate of drug-likeness (QED) is 0.0261. The van der Waals surface area contributed by atoms with E-state index in [1.165, 1.54) is 173 Å². The van der Waals surface area contributed by atoms with Gasteiger partial charge in [0.05, 0.1) is 0 Å². The summed E-state index contributed by atoms with van der Waals surface area (Å²) < 4.78 is 16.9. The Morgan fingerprint density at radius 1 is 0.269 bits per heavy atom. The SMILES string of the molecule is CC/C=C\C/C=C\C/C=C\C/C=C\C/C=C\C/C=C\C/C=C\CCCCCCCC(=O)OCC(COC(=O)CCCCCCCCCCCCC)OC(=O)CCCCCCCCCCCCCCCCCCCCCCCC. The first-order valence-electron chi connectivity index (χ1n) is 33.6. The van der Waals surface area contributed by atoms with Crippen LogP contribution in [0.1, 0.15) is 335 Å². The van der Waals surface area contributed by atoms with E-state index in [9.17, 15) is 14.4 Å². The maximum absolute atomic E-state index is 12.9. The molecule has 0 radical (unpaired) electrons. The van der Waals surface area contributed by atoms with Gasteiger partial charge in [0, 0.05) is 19.3 Å². The number of hydrogen-bond acceptors (Lipinski definition) is 6. The minimum Gasteiger partial charge on any atom is -0.462 e. The molecule has 78 heavy (non-hydrogen) atoms. The van der Waals surface area contributed by atoms with Crippen molar-refractivity contribution in [2.45, 2.75) is 341 Å². The topological polar surface area (TPSA) is 78.9 Å². The highest BCUT2D eigenvalue weighted by Crippen LogP contribution is 2.17. The third-order valence-electron chi connectivity index (χ3n) is 14.7. The lowest BCUT2D eigenvalue weighted by Crippen LogP contribution is -2.30. The summed E-state index contributed by atoms with van der Waals surface area (Å²) in [6.45, 7) is 6.55. The van der Waals surface area contributed by atoms with Crippen molar-refractivity contribution >= 4 is 17.9 Å². The van der Waals surface area contributed by atoms with Gasteiger partial charge >= 0.3 is 17.9 Å². The van der Waals surface area contributed by atoms with E-state index in [0.717, 1.165) is 122 Å². The zero-order valence-electron chi connectivity index (χ0n) is 51.7. The zero-order chi connectivity index (χ0) is 56.4. The molecule has 0 saturated heterocycles. The average molecular weight is 1090 g/mol. The van der Waals surface area contributed by atoms with Crippen LogP contribution < -0.4 is 0 Å². The Hall–Kier alpha value is -3.41. The molecule has 0 amide bonds. The molecule has 0 spiro atoms. The number of unbranched alkanes of at least 4 members (excludes halogenated alkanes) is 36. The van der Waals surface area contributed by atoms with Crippen molar-refractivity contribution in [2.75, 3.05) is 13.2 Å². The first kappa shape index (κ1) is 74.6. The summed E-state index contributed by atoms with van der Waals surface area (Å²) in [5, 5.41) is 0. The lowest BCUT2D eigenvalue weighted by atomic mass is 10.0. The monoisotopic (exact) mass is 1090 g/mol. The van der Waals surface area contributed by atoms with E-state index in [0.29, 0.717) is 19.3 Å². The van der Waals surface area contributed by atoms with Gasteiger partial charge in [-0.05, 0) is 77.0 Å². The number of rotatable bonds is 61. The maximum Gasteiger partial charge on any atom is 0.306 e. The molecule has 0 aromatic rings. The number of carbonyl (C=O) groups is 3. The van der Waals surface area contributed by atoms with Crippen molar-refractivity contribution in [3.63, 3.8) is 0 Å². The molecular weight excluding hydrogens is 961 g/mol. The third-order valence-corrected chi connectivity index (χ3v) is 14.7. The molecule has 1 atom stereocenters. The number of hydrogen-bond donors (Lipinski definition) is 0. The summed E-state index contributed by atoms with van der Waals surface area (Å²) in [7, 11) is 0. The number of carbonyl (C=O) groups excluding carboxylic acids is 3. The second-order valence-electron chi connectivity index (χ2n) is 22.4. The summed E-state index contributed by atoms with van der Waals surface area (Å²) in [6.07, 6.45) is 87.4. The van der Waals surface area contributed by atoms with Crippen LogP contribution in [-0.2, 0) is 28.6 Å². The van der Waals surface area contributed by atoms with Gasteiger partial charge in [-0.3, -0.25) is 14.4 Å². The molecule has 0 saturated carbocycles. The van der Waals surface area contributed by atoms with Gasteiger partial charge < -0.3 is 14.2 Å². The van der Waals surface area contributed by atoms with Gasteiger partial charge in [0.1, 0.15) is 13.2 Å². The van der Waals surface area contributed by atoms with Crippen LogP contribution >= 0.6 is 0 Å². The summed E-state index contributed by atoms with van der Waals surface area (Å²) in [6, 6.07) is 0. The molecule has 450 valence electrons. The number of esters is 3. The van der Waals surface area contributed by atoms with Gasteiger partial charge in [0.25, 0.3) is 0 Å².